The van der Waals surface area contributed by atoms with Gasteiger partial charge in [-0.2, -0.15) is 0 Å². The number of amides is 1. The lowest BCUT2D eigenvalue weighted by Gasteiger charge is -2.11. The Morgan fingerprint density at radius 3 is 2.67 bits per heavy atom. The van der Waals surface area contributed by atoms with Crippen molar-refractivity contribution in [1.82, 2.24) is 5.32 Å². The van der Waals surface area contributed by atoms with Crippen LogP contribution in [-0.4, -0.2) is 19.5 Å². The molecule has 0 radical (unpaired) electrons. The summed E-state index contributed by atoms with van der Waals surface area (Å²) in [4.78, 5) is 11.6. The van der Waals surface area contributed by atoms with E-state index < -0.39 is 0 Å². The maximum atomic E-state index is 11.6. The standard InChI is InChI=1S/C15H24N2O/c1-4-5-6-7-10-17-14-11-13(15(18)16-3)9-8-12(14)2/h8-9,11,17H,4-7,10H2,1-3H3,(H,16,18). The highest BCUT2D eigenvalue weighted by atomic mass is 16.1. The van der Waals surface area contributed by atoms with Gasteiger partial charge in [0, 0.05) is 24.8 Å². The van der Waals surface area contributed by atoms with Crippen molar-refractivity contribution in [3.63, 3.8) is 0 Å². The summed E-state index contributed by atoms with van der Waals surface area (Å²) in [6.07, 6.45) is 4.99. The minimum atomic E-state index is -0.0379. The van der Waals surface area contributed by atoms with Gasteiger partial charge < -0.3 is 10.6 Å². The van der Waals surface area contributed by atoms with Crippen molar-refractivity contribution in [1.29, 1.82) is 0 Å². The van der Waals surface area contributed by atoms with E-state index in [0.717, 1.165) is 12.2 Å². The van der Waals surface area contributed by atoms with Crippen LogP contribution >= 0.6 is 0 Å². The molecule has 3 nitrogen and oxygen atoms in total. The average molecular weight is 248 g/mol. The first kappa shape index (κ1) is 14.6. The van der Waals surface area contributed by atoms with E-state index in [9.17, 15) is 4.79 Å². The van der Waals surface area contributed by atoms with Crippen LogP contribution in [0.15, 0.2) is 18.2 Å². The van der Waals surface area contributed by atoms with Gasteiger partial charge >= 0.3 is 0 Å². The summed E-state index contributed by atoms with van der Waals surface area (Å²) < 4.78 is 0. The Morgan fingerprint density at radius 1 is 1.22 bits per heavy atom. The Morgan fingerprint density at radius 2 is 2.00 bits per heavy atom. The minimum absolute atomic E-state index is 0.0379. The highest BCUT2D eigenvalue weighted by Crippen LogP contribution is 2.17. The monoisotopic (exact) mass is 248 g/mol. The molecule has 0 unspecified atom stereocenters. The quantitative estimate of drug-likeness (QED) is 0.727. The zero-order valence-corrected chi connectivity index (χ0v) is 11.7. The molecule has 100 valence electrons. The number of rotatable bonds is 7. The molecule has 0 fully saturated rings. The molecule has 0 bridgehead atoms. The maximum Gasteiger partial charge on any atom is 0.251 e. The summed E-state index contributed by atoms with van der Waals surface area (Å²) >= 11 is 0. The minimum Gasteiger partial charge on any atom is -0.385 e. The van der Waals surface area contributed by atoms with E-state index in [2.05, 4.69) is 24.5 Å². The van der Waals surface area contributed by atoms with Crippen LogP contribution in [0.3, 0.4) is 0 Å². The van der Waals surface area contributed by atoms with E-state index in [1.165, 1.54) is 31.2 Å². The lowest BCUT2D eigenvalue weighted by Crippen LogP contribution is -2.18. The van der Waals surface area contributed by atoms with Crippen molar-refractivity contribution >= 4 is 11.6 Å². The molecular formula is C15H24N2O. The predicted octanol–water partition coefficient (Wildman–Crippen LogP) is 3.35. The molecule has 0 heterocycles. The number of unbranched alkanes of at least 4 members (excludes halogenated alkanes) is 3. The number of benzene rings is 1. The van der Waals surface area contributed by atoms with Crippen LogP contribution in [0.4, 0.5) is 5.69 Å². The van der Waals surface area contributed by atoms with Crippen LogP contribution in [0.5, 0.6) is 0 Å². The van der Waals surface area contributed by atoms with Gasteiger partial charge in [0.1, 0.15) is 0 Å². The van der Waals surface area contributed by atoms with Gasteiger partial charge in [0.25, 0.3) is 5.91 Å². The van der Waals surface area contributed by atoms with E-state index in [-0.39, 0.29) is 5.91 Å². The largest absolute Gasteiger partial charge is 0.385 e. The van der Waals surface area contributed by atoms with E-state index in [1.54, 1.807) is 7.05 Å². The first-order valence-corrected chi connectivity index (χ1v) is 6.75. The fourth-order valence-electron chi connectivity index (χ4n) is 1.87. The van der Waals surface area contributed by atoms with Gasteiger partial charge in [-0.25, -0.2) is 0 Å². The van der Waals surface area contributed by atoms with Crippen molar-refractivity contribution in [2.75, 3.05) is 18.9 Å². The molecule has 0 aromatic heterocycles. The van der Waals surface area contributed by atoms with Crippen LogP contribution < -0.4 is 10.6 Å². The summed E-state index contributed by atoms with van der Waals surface area (Å²) in [5, 5.41) is 6.06. The van der Waals surface area contributed by atoms with Crippen molar-refractivity contribution in [3.05, 3.63) is 29.3 Å². The van der Waals surface area contributed by atoms with E-state index in [4.69, 9.17) is 0 Å². The first-order chi connectivity index (χ1) is 8.69. The van der Waals surface area contributed by atoms with Gasteiger partial charge in [-0.1, -0.05) is 32.3 Å². The highest BCUT2D eigenvalue weighted by Gasteiger charge is 2.05. The normalized spacial score (nSPS) is 10.2. The van der Waals surface area contributed by atoms with Crippen LogP contribution in [0.2, 0.25) is 0 Å². The van der Waals surface area contributed by atoms with Gasteiger partial charge in [0.2, 0.25) is 0 Å². The molecule has 0 aliphatic carbocycles. The fraction of sp³-hybridized carbons (Fsp3) is 0.533. The van der Waals surface area contributed by atoms with E-state index in [0.29, 0.717) is 5.56 Å². The Balaban J connectivity index is 2.56. The number of hydrogen-bond acceptors (Lipinski definition) is 2. The Hall–Kier alpha value is -1.51. The molecule has 0 saturated heterocycles. The van der Waals surface area contributed by atoms with E-state index >= 15 is 0 Å². The second-order valence-corrected chi connectivity index (χ2v) is 4.60. The Bertz CT molecular complexity index is 388. The van der Waals surface area contributed by atoms with Crippen LogP contribution in [0, 0.1) is 6.92 Å². The molecule has 0 spiro atoms. The smallest absolute Gasteiger partial charge is 0.251 e. The zero-order valence-electron chi connectivity index (χ0n) is 11.7. The molecule has 0 aliphatic rings. The number of aryl methyl sites for hydroxylation is 1. The zero-order chi connectivity index (χ0) is 13.4. The molecule has 0 saturated carbocycles. The lowest BCUT2D eigenvalue weighted by molar-refractivity contribution is 0.0963. The molecule has 1 rings (SSSR count). The maximum absolute atomic E-state index is 11.6. The van der Waals surface area contributed by atoms with Gasteiger partial charge in [-0.3, -0.25) is 4.79 Å². The molecule has 2 N–H and O–H groups in total. The summed E-state index contributed by atoms with van der Waals surface area (Å²) in [5.41, 5.74) is 2.95. The van der Waals surface area contributed by atoms with E-state index in [1.807, 2.05) is 18.2 Å². The molecular weight excluding hydrogens is 224 g/mol. The van der Waals surface area contributed by atoms with Crippen molar-refractivity contribution < 1.29 is 4.79 Å². The second kappa shape index (κ2) is 7.75. The van der Waals surface area contributed by atoms with Gasteiger partial charge in [0.15, 0.2) is 0 Å². The lowest BCUT2D eigenvalue weighted by atomic mass is 10.1. The fourth-order valence-corrected chi connectivity index (χ4v) is 1.87. The molecule has 18 heavy (non-hydrogen) atoms. The van der Waals surface area contributed by atoms with Gasteiger partial charge in [0.05, 0.1) is 0 Å². The summed E-state index contributed by atoms with van der Waals surface area (Å²) in [5.74, 6) is -0.0379. The van der Waals surface area contributed by atoms with Crippen LogP contribution in [0.1, 0.15) is 48.5 Å². The molecule has 0 atom stereocenters. The predicted molar refractivity (Wildman–Crippen MR) is 77.2 cm³/mol. The average Bonchev–Trinajstić information content (AvgIpc) is 2.39. The van der Waals surface area contributed by atoms with Crippen molar-refractivity contribution in [2.45, 2.75) is 39.5 Å². The number of hydrogen-bond donors (Lipinski definition) is 2. The van der Waals surface area contributed by atoms with Gasteiger partial charge in [-0.05, 0) is 31.0 Å². The number of nitrogens with one attached hydrogen (secondary N) is 2. The summed E-state index contributed by atoms with van der Waals surface area (Å²) in [6.45, 7) is 5.24. The molecule has 1 amide bonds. The Labute approximate surface area is 110 Å². The molecule has 1 aromatic carbocycles. The third kappa shape index (κ3) is 4.40. The Kier molecular flexibility index (Phi) is 6.26. The number of anilines is 1. The van der Waals surface area contributed by atoms with Crippen LogP contribution in [-0.2, 0) is 0 Å². The van der Waals surface area contributed by atoms with Crippen molar-refractivity contribution in [2.24, 2.45) is 0 Å². The third-order valence-electron chi connectivity index (χ3n) is 3.07. The number of carbonyl (C=O) groups excluding carboxylic acids is 1. The van der Waals surface area contributed by atoms with Crippen LogP contribution in [0.25, 0.3) is 0 Å². The number of carbonyl (C=O) groups is 1. The highest BCUT2D eigenvalue weighted by molar-refractivity contribution is 5.95. The SMILES string of the molecule is CCCCCCNc1cc(C(=O)NC)ccc1C. The molecule has 1 aromatic rings. The van der Waals surface area contributed by atoms with Crippen molar-refractivity contribution in [3.8, 4) is 0 Å². The topological polar surface area (TPSA) is 41.1 Å². The summed E-state index contributed by atoms with van der Waals surface area (Å²) in [7, 11) is 1.65. The summed E-state index contributed by atoms with van der Waals surface area (Å²) in [6, 6.07) is 5.77. The first-order valence-electron chi connectivity index (χ1n) is 6.75. The molecule has 3 heteroatoms. The van der Waals surface area contributed by atoms with Gasteiger partial charge in [-0.15, -0.1) is 0 Å². The molecule has 0 aliphatic heterocycles. The third-order valence-corrected chi connectivity index (χ3v) is 3.07. The second-order valence-electron chi connectivity index (χ2n) is 4.60.